The number of carbonyl (C=O) groups excluding carboxylic acids is 2. The molecule has 0 N–H and O–H groups in total. The van der Waals surface area contributed by atoms with Crippen molar-refractivity contribution in [3.05, 3.63) is 33.1 Å². The number of aromatic nitrogens is 1. The van der Waals surface area contributed by atoms with Crippen molar-refractivity contribution in [2.24, 2.45) is 0 Å². The highest BCUT2D eigenvalue weighted by atomic mass is 35.5. The highest BCUT2D eigenvalue weighted by molar-refractivity contribution is 6.29. The predicted molar refractivity (Wildman–Crippen MR) is 71.9 cm³/mol. The number of pyridine rings is 1. The van der Waals surface area contributed by atoms with Gasteiger partial charge in [0.2, 0.25) is 0 Å². The molecule has 8 nitrogen and oxygen atoms in total. The van der Waals surface area contributed by atoms with Crippen LogP contribution in [0.4, 0.5) is 5.69 Å². The summed E-state index contributed by atoms with van der Waals surface area (Å²) in [6.07, 6.45) is 0.878. The van der Waals surface area contributed by atoms with Crippen molar-refractivity contribution in [3.63, 3.8) is 0 Å². The van der Waals surface area contributed by atoms with Gasteiger partial charge in [0.05, 0.1) is 23.7 Å². The van der Waals surface area contributed by atoms with Gasteiger partial charge >= 0.3 is 11.9 Å². The van der Waals surface area contributed by atoms with Crippen LogP contribution in [0.2, 0.25) is 5.15 Å². The van der Waals surface area contributed by atoms with Crippen molar-refractivity contribution >= 4 is 29.2 Å². The maximum absolute atomic E-state index is 11.9. The van der Waals surface area contributed by atoms with Gasteiger partial charge in [-0.3, -0.25) is 19.7 Å². The van der Waals surface area contributed by atoms with Crippen LogP contribution in [0, 0.1) is 10.1 Å². The van der Waals surface area contributed by atoms with Crippen molar-refractivity contribution in [2.45, 2.75) is 19.8 Å². The second kappa shape index (κ2) is 7.53. The van der Waals surface area contributed by atoms with Crippen LogP contribution in [0.3, 0.4) is 0 Å². The molecule has 0 saturated heterocycles. The van der Waals surface area contributed by atoms with Crippen molar-refractivity contribution in [3.8, 4) is 0 Å². The van der Waals surface area contributed by atoms with E-state index in [1.165, 1.54) is 0 Å². The van der Waals surface area contributed by atoms with E-state index >= 15 is 0 Å². The molecule has 0 unspecified atom stereocenters. The predicted octanol–water partition coefficient (Wildman–Crippen LogP) is 1.85. The Kier molecular flexibility index (Phi) is 6.04. The number of ether oxygens (including phenoxy) is 2. The van der Waals surface area contributed by atoms with Gasteiger partial charge in [0, 0.05) is 0 Å². The summed E-state index contributed by atoms with van der Waals surface area (Å²) in [5.74, 6) is -3.46. The lowest BCUT2D eigenvalue weighted by Crippen LogP contribution is -2.27. The zero-order valence-corrected chi connectivity index (χ0v) is 12.1. The van der Waals surface area contributed by atoms with Crippen molar-refractivity contribution in [1.82, 2.24) is 4.98 Å². The van der Waals surface area contributed by atoms with E-state index in [0.717, 1.165) is 12.3 Å². The summed E-state index contributed by atoms with van der Waals surface area (Å²) in [6.45, 7) is 3.13. The van der Waals surface area contributed by atoms with Gasteiger partial charge in [-0.25, -0.2) is 4.98 Å². The molecule has 0 bridgehead atoms. The molecule has 0 amide bonds. The molecule has 1 rings (SSSR count). The first-order chi connectivity index (χ1) is 9.92. The summed E-state index contributed by atoms with van der Waals surface area (Å²) in [5, 5.41) is 10.9. The summed E-state index contributed by atoms with van der Waals surface area (Å²) >= 11 is 5.69. The summed E-state index contributed by atoms with van der Waals surface area (Å²) < 4.78 is 9.55. The van der Waals surface area contributed by atoms with Gasteiger partial charge < -0.3 is 9.47 Å². The third-order valence-corrected chi connectivity index (χ3v) is 2.64. The fourth-order valence-corrected chi connectivity index (χ4v) is 1.79. The molecule has 0 radical (unpaired) electrons. The number of nitrogens with zero attached hydrogens (tertiary/aromatic N) is 2. The van der Waals surface area contributed by atoms with E-state index in [2.05, 4.69) is 4.98 Å². The highest BCUT2D eigenvalue weighted by Gasteiger charge is 2.37. The third-order valence-electron chi connectivity index (χ3n) is 2.43. The molecule has 114 valence electrons. The minimum atomic E-state index is -1.58. The summed E-state index contributed by atoms with van der Waals surface area (Å²) in [5.41, 5.74) is -0.720. The van der Waals surface area contributed by atoms with Crippen LogP contribution in [-0.2, 0) is 19.1 Å². The van der Waals surface area contributed by atoms with Crippen LogP contribution < -0.4 is 0 Å². The topological polar surface area (TPSA) is 109 Å². The first kappa shape index (κ1) is 16.8. The Bertz CT molecular complexity index is 545. The first-order valence-corrected chi connectivity index (χ1v) is 6.43. The molecule has 0 aromatic carbocycles. The Morgan fingerprint density at radius 2 is 1.86 bits per heavy atom. The second-order valence-electron chi connectivity index (χ2n) is 3.76. The number of esters is 2. The highest BCUT2D eigenvalue weighted by Crippen LogP contribution is 2.30. The molecule has 21 heavy (non-hydrogen) atoms. The van der Waals surface area contributed by atoms with E-state index in [-0.39, 0.29) is 23.9 Å². The monoisotopic (exact) mass is 316 g/mol. The lowest BCUT2D eigenvalue weighted by molar-refractivity contribution is -0.386. The molecule has 0 fully saturated rings. The standard InChI is InChI=1S/C12H13ClN2O6/c1-3-20-11(16)10(12(17)21-4-2)7-5-9(13)14-6-8(7)15(18)19/h5-6,10H,3-4H2,1-2H3. The van der Waals surface area contributed by atoms with Gasteiger partial charge in [0.1, 0.15) is 11.3 Å². The van der Waals surface area contributed by atoms with Crippen LogP contribution in [0.1, 0.15) is 25.3 Å². The maximum atomic E-state index is 11.9. The SMILES string of the molecule is CCOC(=O)C(C(=O)OCC)c1cc(Cl)ncc1[N+](=O)[O-]. The van der Waals surface area contributed by atoms with E-state index < -0.39 is 28.5 Å². The molecule has 1 aromatic heterocycles. The molecule has 0 aliphatic carbocycles. The largest absolute Gasteiger partial charge is 0.465 e. The molecule has 0 saturated carbocycles. The molecule has 0 atom stereocenters. The van der Waals surface area contributed by atoms with Crippen molar-refractivity contribution in [2.75, 3.05) is 13.2 Å². The number of halogens is 1. The Morgan fingerprint density at radius 3 is 2.29 bits per heavy atom. The summed E-state index contributed by atoms with van der Waals surface area (Å²) in [4.78, 5) is 37.7. The zero-order valence-electron chi connectivity index (χ0n) is 11.4. The third kappa shape index (κ3) is 4.12. The van der Waals surface area contributed by atoms with E-state index in [4.69, 9.17) is 21.1 Å². The fourth-order valence-electron chi connectivity index (χ4n) is 1.62. The Hall–Kier alpha value is -2.22. The number of hydrogen-bond acceptors (Lipinski definition) is 7. The Labute approximate surface area is 125 Å². The maximum Gasteiger partial charge on any atom is 0.325 e. The Morgan fingerprint density at radius 1 is 1.33 bits per heavy atom. The van der Waals surface area contributed by atoms with Crippen LogP contribution in [0.15, 0.2) is 12.3 Å². The molecule has 1 heterocycles. The normalized spacial score (nSPS) is 10.3. The number of carbonyl (C=O) groups is 2. The van der Waals surface area contributed by atoms with Gasteiger partial charge in [0.15, 0.2) is 5.92 Å². The molecular formula is C12H13ClN2O6. The lowest BCUT2D eigenvalue weighted by atomic mass is 9.99. The average Bonchev–Trinajstić information content (AvgIpc) is 2.39. The van der Waals surface area contributed by atoms with Gasteiger partial charge in [-0.15, -0.1) is 0 Å². The Balaban J connectivity index is 3.37. The minimum absolute atomic E-state index is 0.0152. The van der Waals surface area contributed by atoms with Crippen molar-refractivity contribution < 1.29 is 24.0 Å². The number of rotatable bonds is 6. The number of hydrogen-bond donors (Lipinski definition) is 0. The van der Waals surface area contributed by atoms with E-state index in [0.29, 0.717) is 0 Å². The lowest BCUT2D eigenvalue weighted by Gasteiger charge is -2.14. The van der Waals surface area contributed by atoms with Crippen LogP contribution in [-0.4, -0.2) is 35.1 Å². The van der Waals surface area contributed by atoms with E-state index in [1.54, 1.807) is 13.8 Å². The van der Waals surface area contributed by atoms with E-state index in [9.17, 15) is 19.7 Å². The summed E-state index contributed by atoms with van der Waals surface area (Å²) in [7, 11) is 0. The van der Waals surface area contributed by atoms with Crippen LogP contribution >= 0.6 is 11.6 Å². The minimum Gasteiger partial charge on any atom is -0.465 e. The van der Waals surface area contributed by atoms with Gasteiger partial charge in [0.25, 0.3) is 5.69 Å². The van der Waals surface area contributed by atoms with Crippen LogP contribution in [0.5, 0.6) is 0 Å². The molecule has 0 aliphatic rings. The zero-order chi connectivity index (χ0) is 16.0. The van der Waals surface area contributed by atoms with Crippen molar-refractivity contribution in [1.29, 1.82) is 0 Å². The molecular weight excluding hydrogens is 304 g/mol. The average molecular weight is 317 g/mol. The van der Waals surface area contributed by atoms with Gasteiger partial charge in [-0.1, -0.05) is 11.6 Å². The van der Waals surface area contributed by atoms with Crippen LogP contribution in [0.25, 0.3) is 0 Å². The molecule has 1 aromatic rings. The second-order valence-corrected chi connectivity index (χ2v) is 4.15. The summed E-state index contributed by atoms with van der Waals surface area (Å²) in [6, 6.07) is 1.08. The quantitative estimate of drug-likeness (QED) is 0.259. The van der Waals surface area contributed by atoms with E-state index in [1.807, 2.05) is 0 Å². The molecule has 9 heteroatoms. The number of nitro groups is 1. The van der Waals surface area contributed by atoms with Gasteiger partial charge in [-0.05, 0) is 19.9 Å². The molecule has 0 spiro atoms. The first-order valence-electron chi connectivity index (χ1n) is 6.05. The van der Waals surface area contributed by atoms with Gasteiger partial charge in [-0.2, -0.15) is 0 Å². The molecule has 0 aliphatic heterocycles. The fraction of sp³-hybridized carbons (Fsp3) is 0.417. The smallest absolute Gasteiger partial charge is 0.325 e.